The Morgan fingerprint density at radius 1 is 1.03 bits per heavy atom. The number of anilines is 2. The average Bonchev–Trinajstić information content (AvgIpc) is 2.87. The summed E-state index contributed by atoms with van der Waals surface area (Å²) in [5, 5.41) is 3.75. The van der Waals surface area contributed by atoms with Gasteiger partial charge in [0.05, 0.1) is 46.9 Å². The number of nitrogens with one attached hydrogen (secondary N) is 1. The van der Waals surface area contributed by atoms with Crippen LogP contribution in [0.15, 0.2) is 71.2 Å². The Kier molecular flexibility index (Phi) is 7.58. The highest BCUT2D eigenvalue weighted by Crippen LogP contribution is 2.25. The molecule has 5 rings (SSSR count). The van der Waals surface area contributed by atoms with Gasteiger partial charge in [0.2, 0.25) is 5.91 Å². The summed E-state index contributed by atoms with van der Waals surface area (Å²) in [7, 11) is -2.29. The fourth-order valence-corrected chi connectivity index (χ4v) is 5.29. The van der Waals surface area contributed by atoms with Crippen LogP contribution in [-0.2, 0) is 25.7 Å². The van der Waals surface area contributed by atoms with E-state index >= 15 is 0 Å². The van der Waals surface area contributed by atoms with Crippen molar-refractivity contribution in [3.63, 3.8) is 0 Å². The first-order valence-electron chi connectivity index (χ1n) is 12.8. The van der Waals surface area contributed by atoms with Gasteiger partial charge in [-0.1, -0.05) is 12.1 Å². The minimum atomic E-state index is -2.29. The second kappa shape index (κ2) is 11.1. The summed E-state index contributed by atoms with van der Waals surface area (Å²) in [6, 6.07) is 18.7. The number of rotatable bonds is 6. The van der Waals surface area contributed by atoms with Gasteiger partial charge >= 0.3 is 0 Å². The molecule has 0 radical (unpaired) electrons. The van der Waals surface area contributed by atoms with Gasteiger partial charge in [-0.05, 0) is 62.4 Å². The molecular weight excluding hydrogens is 512 g/mol. The number of nitrogens with zero attached hydrogens (tertiary/aromatic N) is 5. The van der Waals surface area contributed by atoms with E-state index in [1.54, 1.807) is 43.0 Å². The van der Waals surface area contributed by atoms with Crippen molar-refractivity contribution in [2.24, 2.45) is 4.36 Å². The first-order valence-corrected chi connectivity index (χ1v) is 15.1. The van der Waals surface area contributed by atoms with Crippen molar-refractivity contribution in [1.82, 2.24) is 15.0 Å². The maximum Gasteiger partial charge on any atom is 0.230 e. The smallest absolute Gasteiger partial charge is 0.230 e. The van der Waals surface area contributed by atoms with Gasteiger partial charge in [0.1, 0.15) is 5.82 Å². The fourth-order valence-electron chi connectivity index (χ4n) is 4.67. The third-order valence-corrected chi connectivity index (χ3v) is 6.82. The molecule has 4 heterocycles. The molecule has 1 aromatic carbocycles. The molecular formula is C29H32N6O3S. The number of ether oxygens (including phenoxy) is 1. The third-order valence-electron chi connectivity index (χ3n) is 6.17. The number of hydrogen-bond acceptors (Lipinski definition) is 8. The molecule has 1 fully saturated rings. The van der Waals surface area contributed by atoms with Gasteiger partial charge in [-0.3, -0.25) is 9.78 Å². The average molecular weight is 545 g/mol. The summed E-state index contributed by atoms with van der Waals surface area (Å²) < 4.78 is 22.0. The number of hydrogen-bond donors (Lipinski definition) is 1. The number of carbonyl (C=O) groups excluding carboxylic acids is 1. The Labute approximate surface area is 228 Å². The van der Waals surface area contributed by atoms with Gasteiger partial charge in [-0.2, -0.15) is 4.36 Å². The summed E-state index contributed by atoms with van der Waals surface area (Å²) >= 11 is 0. The van der Waals surface area contributed by atoms with Crippen LogP contribution in [0, 0.1) is 0 Å². The van der Waals surface area contributed by atoms with Gasteiger partial charge in [0.25, 0.3) is 0 Å². The van der Waals surface area contributed by atoms with Gasteiger partial charge in [-0.25, -0.2) is 14.2 Å². The molecule has 1 saturated heterocycles. The van der Waals surface area contributed by atoms with Gasteiger partial charge in [-0.15, -0.1) is 0 Å². The molecule has 2 atom stereocenters. The van der Waals surface area contributed by atoms with Gasteiger partial charge in [0, 0.05) is 52.6 Å². The largest absolute Gasteiger partial charge is 0.372 e. The Morgan fingerprint density at radius 2 is 1.77 bits per heavy atom. The van der Waals surface area contributed by atoms with Crippen LogP contribution >= 0.6 is 0 Å². The monoisotopic (exact) mass is 544 g/mol. The van der Waals surface area contributed by atoms with E-state index in [0.29, 0.717) is 17.1 Å². The van der Waals surface area contributed by atoms with E-state index in [1.807, 2.05) is 36.4 Å². The highest BCUT2D eigenvalue weighted by atomic mass is 32.2. The number of morpholine rings is 1. The molecule has 3 aromatic heterocycles. The molecule has 0 unspecified atom stereocenters. The highest BCUT2D eigenvalue weighted by molar-refractivity contribution is 7.92. The number of pyridine rings is 3. The van der Waals surface area contributed by atoms with E-state index in [0.717, 1.165) is 41.2 Å². The quantitative estimate of drug-likeness (QED) is 0.370. The van der Waals surface area contributed by atoms with Crippen LogP contribution in [0.5, 0.6) is 0 Å². The second-order valence-electron chi connectivity index (χ2n) is 10.2. The molecule has 0 saturated carbocycles. The maximum absolute atomic E-state index is 12.8. The first kappa shape index (κ1) is 26.7. The maximum atomic E-state index is 12.8. The van der Waals surface area contributed by atoms with E-state index in [4.69, 9.17) is 14.7 Å². The van der Waals surface area contributed by atoms with Gasteiger partial charge < -0.3 is 15.0 Å². The second-order valence-corrected chi connectivity index (χ2v) is 12.7. The SMILES string of the molecule is C[C@@H]1CN(c2cccc(-c3ccc4cnc(CC(=O)Nc5cccc(N=S(C)(C)=O)c5)cc4n3)n2)C[C@H](C)O1. The van der Waals surface area contributed by atoms with E-state index < -0.39 is 9.73 Å². The van der Waals surface area contributed by atoms with Crippen molar-refractivity contribution in [2.75, 3.05) is 35.8 Å². The Balaban J connectivity index is 1.33. The van der Waals surface area contributed by atoms with Crippen LogP contribution in [-0.4, -0.2) is 62.9 Å². The van der Waals surface area contributed by atoms with Crippen molar-refractivity contribution < 1.29 is 13.7 Å². The predicted octanol–water partition coefficient (Wildman–Crippen LogP) is 4.85. The van der Waals surface area contributed by atoms with Crippen molar-refractivity contribution in [3.05, 3.63) is 72.6 Å². The zero-order chi connectivity index (χ0) is 27.6. The van der Waals surface area contributed by atoms with Crippen molar-refractivity contribution in [1.29, 1.82) is 0 Å². The zero-order valence-corrected chi connectivity index (χ0v) is 23.3. The Bertz CT molecular complexity index is 1630. The molecule has 10 heteroatoms. The molecule has 9 nitrogen and oxygen atoms in total. The molecule has 1 N–H and O–H groups in total. The molecule has 1 aliphatic heterocycles. The molecule has 0 aliphatic carbocycles. The molecule has 202 valence electrons. The minimum absolute atomic E-state index is 0.0860. The minimum Gasteiger partial charge on any atom is -0.372 e. The summed E-state index contributed by atoms with van der Waals surface area (Å²) in [5.41, 5.74) is 4.02. The molecule has 1 amide bonds. The topological polar surface area (TPSA) is 110 Å². The number of aromatic nitrogens is 3. The van der Waals surface area contributed by atoms with E-state index in [1.165, 1.54) is 0 Å². The normalized spacial score (nSPS) is 17.7. The zero-order valence-electron chi connectivity index (χ0n) is 22.5. The van der Waals surface area contributed by atoms with Crippen molar-refractivity contribution in [2.45, 2.75) is 32.5 Å². The van der Waals surface area contributed by atoms with Crippen LogP contribution in [0.1, 0.15) is 19.5 Å². The lowest BCUT2D eigenvalue weighted by atomic mass is 10.1. The van der Waals surface area contributed by atoms with Crippen LogP contribution < -0.4 is 10.2 Å². The highest BCUT2D eigenvalue weighted by Gasteiger charge is 2.23. The summed E-state index contributed by atoms with van der Waals surface area (Å²) in [5.74, 6) is 0.688. The van der Waals surface area contributed by atoms with Crippen molar-refractivity contribution >= 4 is 43.7 Å². The fraction of sp³-hybridized carbons (Fsp3) is 0.310. The lowest BCUT2D eigenvalue weighted by molar-refractivity contribution is -0.115. The third kappa shape index (κ3) is 6.96. The predicted molar refractivity (Wildman–Crippen MR) is 156 cm³/mol. The van der Waals surface area contributed by atoms with Crippen LogP contribution in [0.4, 0.5) is 17.2 Å². The van der Waals surface area contributed by atoms with Gasteiger partial charge in [0.15, 0.2) is 0 Å². The van der Waals surface area contributed by atoms with Crippen LogP contribution in [0.2, 0.25) is 0 Å². The molecule has 39 heavy (non-hydrogen) atoms. The molecule has 0 spiro atoms. The standard InChI is InChI=1S/C29H32N6O3S/c1-19-17-35(18-20(2)38-19)28-10-6-9-25(33-28)26-12-11-21-16-30-24(14-27(21)32-26)15-29(36)31-22-7-5-8-23(13-22)34-39(3,4)37/h5-14,16,19-20H,15,17-18H2,1-4H3,(H,31,36)/t19-,20+. The molecule has 0 bridgehead atoms. The van der Waals surface area contributed by atoms with Crippen molar-refractivity contribution in [3.8, 4) is 11.4 Å². The summed E-state index contributed by atoms with van der Waals surface area (Å²) in [6.07, 6.45) is 5.25. The lowest BCUT2D eigenvalue weighted by Crippen LogP contribution is -2.45. The summed E-state index contributed by atoms with van der Waals surface area (Å²) in [6.45, 7) is 5.74. The summed E-state index contributed by atoms with van der Waals surface area (Å²) in [4.78, 5) is 29.2. The van der Waals surface area contributed by atoms with E-state index in [2.05, 4.69) is 33.4 Å². The van der Waals surface area contributed by atoms with E-state index in [9.17, 15) is 9.00 Å². The number of amides is 1. The Hall–Kier alpha value is -3.89. The first-order chi connectivity index (χ1) is 18.6. The van der Waals surface area contributed by atoms with Crippen LogP contribution in [0.25, 0.3) is 22.3 Å². The number of fused-ring (bicyclic) bond motifs is 1. The van der Waals surface area contributed by atoms with E-state index in [-0.39, 0.29) is 24.5 Å². The van der Waals surface area contributed by atoms with Crippen LogP contribution in [0.3, 0.4) is 0 Å². The lowest BCUT2D eigenvalue weighted by Gasteiger charge is -2.36. The Morgan fingerprint density at radius 3 is 2.54 bits per heavy atom. The molecule has 4 aromatic rings. The number of carbonyl (C=O) groups is 1. The number of benzene rings is 1. The molecule has 1 aliphatic rings.